The Hall–Kier alpha value is -2.10. The van der Waals surface area contributed by atoms with Gasteiger partial charge in [0.05, 0.1) is 0 Å². The molecule has 1 heterocycles. The molecule has 3 heteroatoms. The van der Waals surface area contributed by atoms with E-state index in [-0.39, 0.29) is 5.54 Å². The molecule has 156 valence electrons. The third-order valence-electron chi connectivity index (χ3n) is 6.62. The summed E-state index contributed by atoms with van der Waals surface area (Å²) in [5.74, 6) is 0. The van der Waals surface area contributed by atoms with Crippen molar-refractivity contribution in [2.45, 2.75) is 63.6 Å². The van der Waals surface area contributed by atoms with Crippen LogP contribution in [0.4, 0.5) is 0 Å². The van der Waals surface area contributed by atoms with Gasteiger partial charge >= 0.3 is 0 Å². The van der Waals surface area contributed by atoms with E-state index >= 15 is 0 Å². The van der Waals surface area contributed by atoms with E-state index in [1.165, 1.54) is 34.9 Å². The van der Waals surface area contributed by atoms with E-state index in [0.29, 0.717) is 12.1 Å². The standard InChI is InChI=1S/C26H37N3/c1-6-8-11-22(7-2)26(29(4)5)16-14-23(15-17-26)28-20(3)18-21-19-27-25-13-10-9-12-24(21)25/h6-13,19-20,23,27-28H,2,14-18H2,1,3-5H3/b8-6-,22-11+/t20-,23?,26?/m0/s1. The summed E-state index contributed by atoms with van der Waals surface area (Å²) in [6.45, 7) is 8.48. The average molecular weight is 392 g/mol. The van der Waals surface area contributed by atoms with E-state index in [1.54, 1.807) is 0 Å². The van der Waals surface area contributed by atoms with Crippen molar-refractivity contribution in [1.29, 1.82) is 0 Å². The molecule has 3 nitrogen and oxygen atoms in total. The lowest BCUT2D eigenvalue weighted by Gasteiger charge is -2.46. The van der Waals surface area contributed by atoms with E-state index in [1.807, 2.05) is 6.08 Å². The first-order valence-electron chi connectivity index (χ1n) is 10.9. The number of hydrogen-bond donors (Lipinski definition) is 2. The van der Waals surface area contributed by atoms with Gasteiger partial charge in [-0.2, -0.15) is 0 Å². The van der Waals surface area contributed by atoms with Crippen LogP contribution in [0.5, 0.6) is 0 Å². The molecule has 3 rings (SSSR count). The van der Waals surface area contributed by atoms with E-state index in [0.717, 1.165) is 19.3 Å². The van der Waals surface area contributed by atoms with Gasteiger partial charge in [-0.3, -0.25) is 4.90 Å². The summed E-state index contributed by atoms with van der Waals surface area (Å²) in [6.07, 6.45) is 16.4. The highest BCUT2D eigenvalue weighted by atomic mass is 15.2. The number of hydrogen-bond acceptors (Lipinski definition) is 2. The predicted molar refractivity (Wildman–Crippen MR) is 126 cm³/mol. The fourth-order valence-electron chi connectivity index (χ4n) is 4.96. The molecule has 0 aliphatic heterocycles. The van der Waals surface area contributed by atoms with Gasteiger partial charge in [0.25, 0.3) is 0 Å². The van der Waals surface area contributed by atoms with E-state index < -0.39 is 0 Å². The van der Waals surface area contributed by atoms with Gasteiger partial charge in [0.1, 0.15) is 0 Å². The van der Waals surface area contributed by atoms with Crippen LogP contribution in [0, 0.1) is 0 Å². The van der Waals surface area contributed by atoms with Crippen molar-refractivity contribution in [3.05, 3.63) is 72.5 Å². The second-order valence-corrected chi connectivity index (χ2v) is 8.68. The summed E-state index contributed by atoms with van der Waals surface area (Å²) in [5, 5.41) is 5.26. The lowest BCUT2D eigenvalue weighted by molar-refractivity contribution is 0.123. The highest BCUT2D eigenvalue weighted by molar-refractivity contribution is 5.83. The van der Waals surface area contributed by atoms with Crippen molar-refractivity contribution in [2.75, 3.05) is 14.1 Å². The minimum absolute atomic E-state index is 0.0967. The van der Waals surface area contributed by atoms with E-state index in [9.17, 15) is 0 Å². The summed E-state index contributed by atoms with van der Waals surface area (Å²) in [6, 6.07) is 9.62. The molecule has 0 radical (unpaired) electrons. The Morgan fingerprint density at radius 3 is 2.69 bits per heavy atom. The smallest absolute Gasteiger partial charge is 0.0456 e. The second kappa shape index (κ2) is 9.60. The first kappa shape index (κ1) is 21.6. The fraction of sp³-hybridized carbons (Fsp3) is 0.462. The molecule has 1 aliphatic carbocycles. The Morgan fingerprint density at radius 2 is 2.03 bits per heavy atom. The molecule has 0 unspecified atom stereocenters. The van der Waals surface area contributed by atoms with Crippen LogP contribution in [0.15, 0.2) is 66.9 Å². The largest absolute Gasteiger partial charge is 0.361 e. The molecular weight excluding hydrogens is 354 g/mol. The molecule has 2 N–H and O–H groups in total. The third-order valence-corrected chi connectivity index (χ3v) is 6.62. The van der Waals surface area contributed by atoms with Crippen LogP contribution in [-0.4, -0.2) is 41.6 Å². The van der Waals surface area contributed by atoms with Crippen LogP contribution >= 0.6 is 0 Å². The number of allylic oxidation sites excluding steroid dienone is 3. The zero-order chi connectivity index (χ0) is 20.9. The Bertz CT molecular complexity index is 863. The van der Waals surface area contributed by atoms with Gasteiger partial charge in [0, 0.05) is 34.7 Å². The first-order valence-corrected chi connectivity index (χ1v) is 10.9. The lowest BCUT2D eigenvalue weighted by atomic mass is 9.73. The molecule has 1 atom stereocenters. The molecule has 1 fully saturated rings. The summed E-state index contributed by atoms with van der Waals surface area (Å²) >= 11 is 0. The maximum Gasteiger partial charge on any atom is 0.0456 e. The summed E-state index contributed by atoms with van der Waals surface area (Å²) in [5.41, 5.74) is 4.07. The van der Waals surface area contributed by atoms with Crippen molar-refractivity contribution in [3.63, 3.8) is 0 Å². The molecule has 1 saturated carbocycles. The maximum atomic E-state index is 4.10. The lowest BCUT2D eigenvalue weighted by Crippen LogP contribution is -2.52. The van der Waals surface area contributed by atoms with Crippen molar-refractivity contribution < 1.29 is 0 Å². The minimum Gasteiger partial charge on any atom is -0.361 e. The number of rotatable bonds is 8. The van der Waals surface area contributed by atoms with Gasteiger partial charge in [0.2, 0.25) is 0 Å². The van der Waals surface area contributed by atoms with Crippen LogP contribution in [0.25, 0.3) is 10.9 Å². The van der Waals surface area contributed by atoms with Gasteiger partial charge in [-0.15, -0.1) is 0 Å². The Balaban J connectivity index is 1.62. The third kappa shape index (κ3) is 4.73. The summed E-state index contributed by atoms with van der Waals surface area (Å²) in [4.78, 5) is 5.80. The van der Waals surface area contributed by atoms with Crippen LogP contribution in [0.2, 0.25) is 0 Å². The molecule has 1 aromatic carbocycles. The van der Waals surface area contributed by atoms with Crippen LogP contribution in [0.3, 0.4) is 0 Å². The number of aromatic nitrogens is 1. The number of benzene rings is 1. The van der Waals surface area contributed by atoms with Gasteiger partial charge in [0.15, 0.2) is 0 Å². The van der Waals surface area contributed by atoms with Crippen molar-refractivity contribution in [2.24, 2.45) is 0 Å². The van der Waals surface area contributed by atoms with Crippen molar-refractivity contribution in [1.82, 2.24) is 15.2 Å². The van der Waals surface area contributed by atoms with Crippen LogP contribution in [0.1, 0.15) is 45.1 Å². The normalized spacial score (nSPS) is 24.4. The summed E-state index contributed by atoms with van der Waals surface area (Å²) < 4.78 is 0. The van der Waals surface area contributed by atoms with Crippen molar-refractivity contribution >= 4 is 10.9 Å². The second-order valence-electron chi connectivity index (χ2n) is 8.68. The SMILES string of the molecule is C=C/C(=C\C=C/C)C1(N(C)C)CCC(N[C@@H](C)Cc2c[nH]c3ccccc23)CC1. The molecule has 0 bridgehead atoms. The molecule has 1 aromatic heterocycles. The molecule has 0 amide bonds. The number of para-hydroxylation sites is 1. The minimum atomic E-state index is 0.0967. The zero-order valence-corrected chi connectivity index (χ0v) is 18.5. The topological polar surface area (TPSA) is 31.1 Å². The Morgan fingerprint density at radius 1 is 1.31 bits per heavy atom. The molecule has 0 saturated heterocycles. The number of likely N-dealkylation sites (N-methyl/N-ethyl adjacent to an activating group) is 1. The molecule has 2 aromatic rings. The highest BCUT2D eigenvalue weighted by Crippen LogP contribution is 2.39. The first-order chi connectivity index (χ1) is 14.0. The number of fused-ring (bicyclic) bond motifs is 1. The quantitative estimate of drug-likeness (QED) is 0.572. The Kier molecular flexibility index (Phi) is 7.15. The molecular formula is C26H37N3. The maximum absolute atomic E-state index is 4.10. The number of nitrogens with zero attached hydrogens (tertiary/aromatic N) is 1. The average Bonchev–Trinajstić information content (AvgIpc) is 3.12. The number of aromatic amines is 1. The van der Waals surface area contributed by atoms with E-state index in [4.69, 9.17) is 0 Å². The van der Waals surface area contributed by atoms with E-state index in [2.05, 4.69) is 98.4 Å². The highest BCUT2D eigenvalue weighted by Gasteiger charge is 2.39. The van der Waals surface area contributed by atoms with Crippen molar-refractivity contribution in [3.8, 4) is 0 Å². The van der Waals surface area contributed by atoms with Gasteiger partial charge < -0.3 is 10.3 Å². The monoisotopic (exact) mass is 391 g/mol. The zero-order valence-electron chi connectivity index (χ0n) is 18.5. The van der Waals surface area contributed by atoms with Gasteiger partial charge in [-0.05, 0) is 77.2 Å². The Labute approximate surface area is 176 Å². The van der Waals surface area contributed by atoms with Gasteiger partial charge in [-0.25, -0.2) is 0 Å². The predicted octanol–water partition coefficient (Wildman–Crippen LogP) is 5.62. The molecule has 1 aliphatic rings. The number of H-pyrrole nitrogens is 1. The van der Waals surface area contributed by atoms with Crippen LogP contribution < -0.4 is 5.32 Å². The number of nitrogens with one attached hydrogen (secondary N) is 2. The fourth-order valence-corrected chi connectivity index (χ4v) is 4.96. The molecule has 0 spiro atoms. The van der Waals surface area contributed by atoms with Gasteiger partial charge in [-0.1, -0.05) is 49.1 Å². The molecule has 29 heavy (non-hydrogen) atoms. The summed E-state index contributed by atoms with van der Waals surface area (Å²) in [7, 11) is 4.42. The van der Waals surface area contributed by atoms with Crippen LogP contribution in [-0.2, 0) is 6.42 Å².